The number of aromatic nitrogens is 1. The van der Waals surface area contributed by atoms with Gasteiger partial charge in [-0.15, -0.1) is 0 Å². The molecule has 0 atom stereocenters. The Labute approximate surface area is 169 Å². The minimum Gasteiger partial charge on any atom is -0.488 e. The van der Waals surface area contributed by atoms with Crippen molar-refractivity contribution < 1.29 is 14.6 Å². The maximum Gasteiger partial charge on any atom is 0.307 e. The molecule has 0 bridgehead atoms. The third-order valence-electron chi connectivity index (χ3n) is 5.33. The highest BCUT2D eigenvalue weighted by Crippen LogP contribution is 2.37. The van der Waals surface area contributed by atoms with Gasteiger partial charge >= 0.3 is 5.97 Å². The van der Waals surface area contributed by atoms with Gasteiger partial charge < -0.3 is 14.8 Å². The zero-order valence-electron chi connectivity index (χ0n) is 16.5. The molecule has 0 amide bonds. The SMILES string of the molecule is Cc1ccc2c(CC(=O)O)c(-c3ccccc3OCc3ccccc3)[nH]c2c1C. The van der Waals surface area contributed by atoms with Gasteiger partial charge in [-0.3, -0.25) is 4.79 Å². The summed E-state index contributed by atoms with van der Waals surface area (Å²) >= 11 is 0. The lowest BCUT2D eigenvalue weighted by Gasteiger charge is -2.12. The molecule has 0 fully saturated rings. The van der Waals surface area contributed by atoms with Crippen molar-refractivity contribution in [2.45, 2.75) is 26.9 Å². The first-order chi connectivity index (χ1) is 14.0. The van der Waals surface area contributed by atoms with Crippen LogP contribution in [0.2, 0.25) is 0 Å². The number of hydrogen-bond acceptors (Lipinski definition) is 2. The number of carboxylic acids is 1. The molecule has 0 unspecified atom stereocenters. The van der Waals surface area contributed by atoms with Gasteiger partial charge in [0.2, 0.25) is 0 Å². The number of fused-ring (bicyclic) bond motifs is 1. The second-order valence-corrected chi connectivity index (χ2v) is 7.25. The Morgan fingerprint density at radius 3 is 2.45 bits per heavy atom. The van der Waals surface area contributed by atoms with Gasteiger partial charge in [0.05, 0.1) is 12.1 Å². The normalized spacial score (nSPS) is 11.0. The van der Waals surface area contributed by atoms with Gasteiger partial charge in [-0.25, -0.2) is 0 Å². The van der Waals surface area contributed by atoms with Crippen LogP contribution in [0.5, 0.6) is 5.75 Å². The molecular weight excluding hydrogens is 362 g/mol. The molecule has 0 radical (unpaired) electrons. The molecule has 4 aromatic rings. The summed E-state index contributed by atoms with van der Waals surface area (Å²) in [6.07, 6.45) is -0.0507. The first-order valence-corrected chi connectivity index (χ1v) is 9.63. The standard InChI is InChI=1S/C25H23NO3/c1-16-12-13-19-21(14-23(27)28)25(26-24(19)17(16)2)20-10-6-7-11-22(20)29-15-18-8-4-3-5-9-18/h3-13,26H,14-15H2,1-2H3,(H,27,28). The lowest BCUT2D eigenvalue weighted by Crippen LogP contribution is -2.02. The lowest BCUT2D eigenvalue weighted by atomic mass is 10.00. The van der Waals surface area contributed by atoms with Crippen LogP contribution in [-0.2, 0) is 17.8 Å². The summed E-state index contributed by atoms with van der Waals surface area (Å²) < 4.78 is 6.12. The van der Waals surface area contributed by atoms with Crippen LogP contribution in [0.25, 0.3) is 22.2 Å². The molecule has 0 aliphatic carbocycles. The van der Waals surface area contributed by atoms with Crippen LogP contribution in [0.4, 0.5) is 0 Å². The zero-order chi connectivity index (χ0) is 20.4. The summed E-state index contributed by atoms with van der Waals surface area (Å²) in [5.41, 5.74) is 6.81. The number of ether oxygens (including phenoxy) is 1. The van der Waals surface area contributed by atoms with Gasteiger partial charge in [-0.1, -0.05) is 54.6 Å². The number of aryl methyl sites for hydroxylation is 2. The van der Waals surface area contributed by atoms with Crippen LogP contribution < -0.4 is 4.74 Å². The molecule has 3 aromatic carbocycles. The molecule has 29 heavy (non-hydrogen) atoms. The van der Waals surface area contributed by atoms with Gasteiger partial charge in [0.1, 0.15) is 12.4 Å². The Kier molecular flexibility index (Phi) is 5.09. The number of H-pyrrole nitrogens is 1. The van der Waals surface area contributed by atoms with Crippen molar-refractivity contribution in [1.29, 1.82) is 0 Å². The predicted octanol–water partition coefficient (Wildman–Crippen LogP) is 5.66. The average molecular weight is 385 g/mol. The quantitative estimate of drug-likeness (QED) is 0.450. The molecule has 4 rings (SSSR count). The van der Waals surface area contributed by atoms with Crippen molar-refractivity contribution in [2.75, 3.05) is 0 Å². The highest BCUT2D eigenvalue weighted by molar-refractivity contribution is 5.96. The summed E-state index contributed by atoms with van der Waals surface area (Å²) in [7, 11) is 0. The number of carboxylic acid groups (broad SMARTS) is 1. The van der Waals surface area contributed by atoms with E-state index < -0.39 is 5.97 Å². The summed E-state index contributed by atoms with van der Waals surface area (Å²) in [5, 5.41) is 10.5. The zero-order valence-corrected chi connectivity index (χ0v) is 16.5. The highest BCUT2D eigenvalue weighted by atomic mass is 16.5. The third kappa shape index (κ3) is 3.74. The van der Waals surface area contributed by atoms with Crippen LogP contribution in [0.1, 0.15) is 22.3 Å². The van der Waals surface area contributed by atoms with E-state index in [-0.39, 0.29) is 6.42 Å². The van der Waals surface area contributed by atoms with Gasteiger partial charge in [0.15, 0.2) is 0 Å². The molecule has 0 spiro atoms. The van der Waals surface area contributed by atoms with Crippen molar-refractivity contribution in [3.8, 4) is 17.0 Å². The Morgan fingerprint density at radius 1 is 0.966 bits per heavy atom. The first kappa shape index (κ1) is 18.8. The monoisotopic (exact) mass is 385 g/mol. The Hall–Kier alpha value is -3.53. The summed E-state index contributed by atoms with van der Waals surface area (Å²) in [6.45, 7) is 4.56. The number of aliphatic carboxylic acids is 1. The second-order valence-electron chi connectivity index (χ2n) is 7.25. The minimum atomic E-state index is -0.854. The van der Waals surface area contributed by atoms with Gasteiger partial charge in [0, 0.05) is 16.5 Å². The van der Waals surface area contributed by atoms with Crippen LogP contribution >= 0.6 is 0 Å². The van der Waals surface area contributed by atoms with E-state index in [2.05, 4.69) is 18.8 Å². The number of hydrogen-bond donors (Lipinski definition) is 2. The maximum atomic E-state index is 11.6. The van der Waals surface area contributed by atoms with E-state index in [0.717, 1.165) is 44.6 Å². The van der Waals surface area contributed by atoms with E-state index in [9.17, 15) is 9.90 Å². The molecule has 1 aromatic heterocycles. The fourth-order valence-corrected chi connectivity index (χ4v) is 3.66. The maximum absolute atomic E-state index is 11.6. The molecule has 146 valence electrons. The van der Waals surface area contributed by atoms with Crippen molar-refractivity contribution in [3.05, 3.63) is 89.0 Å². The summed E-state index contributed by atoms with van der Waals surface area (Å²) in [4.78, 5) is 15.1. The Balaban J connectivity index is 1.82. The fourth-order valence-electron chi connectivity index (χ4n) is 3.66. The first-order valence-electron chi connectivity index (χ1n) is 9.63. The number of para-hydroxylation sites is 1. The van der Waals surface area contributed by atoms with E-state index in [1.54, 1.807) is 0 Å². The van der Waals surface area contributed by atoms with E-state index in [1.807, 2.05) is 66.7 Å². The summed E-state index contributed by atoms with van der Waals surface area (Å²) in [6, 6.07) is 21.8. The molecule has 2 N–H and O–H groups in total. The van der Waals surface area contributed by atoms with Gasteiger partial charge in [-0.05, 0) is 48.2 Å². The molecule has 4 heteroatoms. The van der Waals surface area contributed by atoms with Crippen molar-refractivity contribution in [3.63, 3.8) is 0 Å². The number of benzene rings is 3. The number of aromatic amines is 1. The van der Waals surface area contributed by atoms with Crippen LogP contribution in [0, 0.1) is 13.8 Å². The molecule has 1 heterocycles. The van der Waals surface area contributed by atoms with E-state index in [1.165, 1.54) is 5.56 Å². The van der Waals surface area contributed by atoms with Crippen LogP contribution in [0.15, 0.2) is 66.7 Å². The number of carbonyl (C=O) groups is 1. The number of nitrogens with one attached hydrogen (secondary N) is 1. The largest absolute Gasteiger partial charge is 0.488 e. The van der Waals surface area contributed by atoms with E-state index in [0.29, 0.717) is 6.61 Å². The topological polar surface area (TPSA) is 62.3 Å². The average Bonchev–Trinajstić information content (AvgIpc) is 3.08. The van der Waals surface area contributed by atoms with Crippen molar-refractivity contribution in [1.82, 2.24) is 4.98 Å². The van der Waals surface area contributed by atoms with Crippen molar-refractivity contribution in [2.24, 2.45) is 0 Å². The third-order valence-corrected chi connectivity index (χ3v) is 5.33. The molecule has 4 nitrogen and oxygen atoms in total. The van der Waals surface area contributed by atoms with Crippen LogP contribution in [0.3, 0.4) is 0 Å². The number of rotatable bonds is 6. The second kappa shape index (κ2) is 7.84. The molecule has 0 saturated heterocycles. The molecular formula is C25H23NO3. The predicted molar refractivity (Wildman–Crippen MR) is 115 cm³/mol. The lowest BCUT2D eigenvalue weighted by molar-refractivity contribution is -0.136. The van der Waals surface area contributed by atoms with E-state index >= 15 is 0 Å². The Bertz CT molecular complexity index is 1180. The van der Waals surface area contributed by atoms with Crippen LogP contribution in [-0.4, -0.2) is 16.1 Å². The van der Waals surface area contributed by atoms with E-state index in [4.69, 9.17) is 4.74 Å². The molecule has 0 saturated carbocycles. The van der Waals surface area contributed by atoms with Gasteiger partial charge in [0.25, 0.3) is 0 Å². The van der Waals surface area contributed by atoms with Gasteiger partial charge in [-0.2, -0.15) is 0 Å². The minimum absolute atomic E-state index is 0.0507. The molecule has 0 aliphatic heterocycles. The smallest absolute Gasteiger partial charge is 0.307 e. The van der Waals surface area contributed by atoms with Crippen molar-refractivity contribution >= 4 is 16.9 Å². The fraction of sp³-hybridized carbons (Fsp3) is 0.160. The summed E-state index contributed by atoms with van der Waals surface area (Å²) in [5.74, 6) is -0.128. The molecule has 0 aliphatic rings. The Morgan fingerprint density at radius 2 is 1.69 bits per heavy atom. The highest BCUT2D eigenvalue weighted by Gasteiger charge is 2.20.